The van der Waals surface area contributed by atoms with E-state index in [1.165, 1.54) is 7.05 Å². The lowest BCUT2D eigenvalue weighted by atomic mass is 10.1. The molecule has 2 aliphatic carbocycles. The van der Waals surface area contributed by atoms with E-state index in [4.69, 9.17) is 5.73 Å². The zero-order chi connectivity index (χ0) is 15.3. The Hall–Kier alpha value is -1.40. The minimum atomic E-state index is -3.66. The largest absolute Gasteiger partial charge is 0.317 e. The molecule has 0 radical (unpaired) electrons. The van der Waals surface area contributed by atoms with Gasteiger partial charge < -0.3 is 5.73 Å². The van der Waals surface area contributed by atoms with Crippen molar-refractivity contribution < 1.29 is 13.2 Å². The Kier molecular flexibility index (Phi) is 3.15. The number of nitrogens with two attached hydrogens (primary N) is 1. The molecule has 1 aromatic carbocycles. The lowest BCUT2D eigenvalue weighted by Gasteiger charge is -2.26. The molecular weight excluding hydrogens is 288 g/mol. The Morgan fingerprint density at radius 3 is 2.24 bits per heavy atom. The van der Waals surface area contributed by atoms with Crippen LogP contribution in [0.4, 0.5) is 0 Å². The van der Waals surface area contributed by atoms with Crippen molar-refractivity contribution in [1.82, 2.24) is 4.31 Å². The van der Waals surface area contributed by atoms with Crippen molar-refractivity contribution in [1.29, 1.82) is 0 Å². The predicted molar refractivity (Wildman–Crippen MR) is 80.0 cm³/mol. The van der Waals surface area contributed by atoms with Crippen LogP contribution < -0.4 is 5.73 Å². The maximum atomic E-state index is 12.8. The highest BCUT2D eigenvalue weighted by atomic mass is 32.2. The molecule has 1 aromatic rings. The van der Waals surface area contributed by atoms with Gasteiger partial charge in [0.2, 0.25) is 10.0 Å². The quantitative estimate of drug-likeness (QED) is 0.881. The molecule has 2 N–H and O–H groups in total. The van der Waals surface area contributed by atoms with Gasteiger partial charge in [0.25, 0.3) is 5.91 Å². The molecule has 0 bridgehead atoms. The van der Waals surface area contributed by atoms with E-state index in [9.17, 15) is 13.2 Å². The van der Waals surface area contributed by atoms with E-state index in [0.717, 1.165) is 9.87 Å². The highest BCUT2D eigenvalue weighted by Crippen LogP contribution is 2.48. The number of hydrogen-bond donors (Lipinski definition) is 1. The number of amides is 1. The van der Waals surface area contributed by atoms with Gasteiger partial charge in [-0.2, -0.15) is 0 Å². The van der Waals surface area contributed by atoms with Gasteiger partial charge in [0, 0.05) is 7.05 Å². The molecule has 3 rings (SSSR count). The summed E-state index contributed by atoms with van der Waals surface area (Å²) in [5, 5.41) is 0. The number of carbonyl (C=O) groups is 1. The first-order valence-electron chi connectivity index (χ1n) is 7.17. The van der Waals surface area contributed by atoms with Gasteiger partial charge in [-0.1, -0.05) is 30.3 Å². The van der Waals surface area contributed by atoms with Crippen LogP contribution in [-0.4, -0.2) is 36.0 Å². The molecule has 0 atom stereocenters. The lowest BCUT2D eigenvalue weighted by Crippen LogP contribution is -2.50. The number of sulfonamides is 1. The molecule has 2 aliphatic rings. The molecule has 5 nitrogen and oxygen atoms in total. The summed E-state index contributed by atoms with van der Waals surface area (Å²) in [7, 11) is -2.32. The van der Waals surface area contributed by atoms with Crippen molar-refractivity contribution in [2.45, 2.75) is 42.4 Å². The molecule has 114 valence electrons. The van der Waals surface area contributed by atoms with Crippen LogP contribution in [0.2, 0.25) is 0 Å². The summed E-state index contributed by atoms with van der Waals surface area (Å²) >= 11 is 0. The smallest absolute Gasteiger partial charge is 0.255 e. The zero-order valence-corrected chi connectivity index (χ0v) is 12.9. The van der Waals surface area contributed by atoms with Gasteiger partial charge in [0.05, 0.1) is 10.3 Å². The van der Waals surface area contributed by atoms with E-state index in [1.54, 1.807) is 0 Å². The standard InChI is InChI=1S/C15H20N2O3S/c1-17(13(18)15(16)9-10-15)21(19,20)14(7-8-14)11-12-5-3-2-4-6-12/h2-6H,7-11,16H2,1H3. The van der Waals surface area contributed by atoms with E-state index in [2.05, 4.69) is 0 Å². The SMILES string of the molecule is CN(C(=O)C1(N)CC1)S(=O)(=O)C1(Cc2ccccc2)CC1. The number of rotatable bonds is 5. The minimum absolute atomic E-state index is 0.450. The molecule has 2 saturated carbocycles. The number of hydrogen-bond acceptors (Lipinski definition) is 4. The van der Waals surface area contributed by atoms with Crippen LogP contribution in [0, 0.1) is 0 Å². The average Bonchev–Trinajstić information content (AvgIpc) is 3.37. The van der Waals surface area contributed by atoms with Gasteiger partial charge in [-0.15, -0.1) is 0 Å². The monoisotopic (exact) mass is 308 g/mol. The second kappa shape index (κ2) is 4.55. The highest BCUT2D eigenvalue weighted by Gasteiger charge is 2.59. The Labute approximate surface area is 125 Å². The number of likely N-dealkylation sites (N-methyl/N-ethyl adjacent to an activating group) is 1. The Morgan fingerprint density at radius 1 is 1.19 bits per heavy atom. The number of carbonyl (C=O) groups excluding carboxylic acids is 1. The summed E-state index contributed by atoms with van der Waals surface area (Å²) in [6, 6.07) is 9.53. The molecule has 0 unspecified atom stereocenters. The van der Waals surface area contributed by atoms with Crippen LogP contribution in [0.1, 0.15) is 31.2 Å². The van der Waals surface area contributed by atoms with Gasteiger partial charge in [-0.05, 0) is 37.7 Å². The maximum Gasteiger partial charge on any atom is 0.255 e. The van der Waals surface area contributed by atoms with Crippen LogP contribution >= 0.6 is 0 Å². The average molecular weight is 308 g/mol. The first-order chi connectivity index (χ1) is 9.81. The topological polar surface area (TPSA) is 80.5 Å². The van der Waals surface area contributed by atoms with Gasteiger partial charge >= 0.3 is 0 Å². The van der Waals surface area contributed by atoms with Crippen LogP contribution in [0.15, 0.2) is 30.3 Å². The third kappa shape index (κ3) is 2.36. The minimum Gasteiger partial charge on any atom is -0.317 e. The second-order valence-corrected chi connectivity index (χ2v) is 8.64. The van der Waals surface area contributed by atoms with Crippen molar-refractivity contribution in [3.05, 3.63) is 35.9 Å². The van der Waals surface area contributed by atoms with Crippen molar-refractivity contribution in [3.63, 3.8) is 0 Å². The summed E-state index contributed by atoms with van der Waals surface area (Å²) in [5.41, 5.74) is 5.87. The Morgan fingerprint density at radius 2 is 1.76 bits per heavy atom. The normalized spacial score (nSPS) is 21.6. The van der Waals surface area contributed by atoms with E-state index in [0.29, 0.717) is 32.1 Å². The molecule has 0 spiro atoms. The van der Waals surface area contributed by atoms with Crippen LogP contribution in [-0.2, 0) is 21.2 Å². The van der Waals surface area contributed by atoms with Crippen LogP contribution in [0.25, 0.3) is 0 Å². The lowest BCUT2D eigenvalue weighted by molar-refractivity contribution is -0.127. The van der Waals surface area contributed by atoms with Gasteiger partial charge in [-0.3, -0.25) is 4.79 Å². The summed E-state index contributed by atoms with van der Waals surface area (Å²) in [6.45, 7) is 0. The Bertz CT molecular complexity index is 661. The predicted octanol–water partition coefficient (Wildman–Crippen LogP) is 1.04. The van der Waals surface area contributed by atoms with Crippen LogP contribution in [0.3, 0.4) is 0 Å². The molecule has 1 amide bonds. The van der Waals surface area contributed by atoms with Crippen LogP contribution in [0.5, 0.6) is 0 Å². The first kappa shape index (κ1) is 14.5. The molecule has 21 heavy (non-hydrogen) atoms. The molecule has 0 aliphatic heterocycles. The third-order valence-corrected chi connectivity index (χ3v) is 7.12. The number of nitrogens with zero attached hydrogens (tertiary/aromatic N) is 1. The van der Waals surface area contributed by atoms with E-state index < -0.39 is 26.2 Å². The van der Waals surface area contributed by atoms with Gasteiger partial charge in [-0.25, -0.2) is 12.7 Å². The highest BCUT2D eigenvalue weighted by molar-refractivity contribution is 7.91. The fourth-order valence-corrected chi connectivity index (χ4v) is 4.64. The summed E-state index contributed by atoms with van der Waals surface area (Å²) in [6.07, 6.45) is 2.78. The first-order valence-corrected chi connectivity index (χ1v) is 8.61. The number of benzene rings is 1. The summed E-state index contributed by atoms with van der Waals surface area (Å²) in [5.74, 6) is -0.471. The van der Waals surface area contributed by atoms with E-state index in [1.807, 2.05) is 30.3 Å². The molecule has 6 heteroatoms. The molecule has 0 saturated heterocycles. The van der Waals surface area contributed by atoms with Gasteiger partial charge in [0.1, 0.15) is 0 Å². The van der Waals surface area contributed by atoms with Gasteiger partial charge in [0.15, 0.2) is 0 Å². The van der Waals surface area contributed by atoms with E-state index in [-0.39, 0.29) is 0 Å². The van der Waals surface area contributed by atoms with Crippen molar-refractivity contribution in [2.24, 2.45) is 5.73 Å². The summed E-state index contributed by atoms with van der Waals surface area (Å²) in [4.78, 5) is 12.2. The van der Waals surface area contributed by atoms with E-state index >= 15 is 0 Å². The Balaban J connectivity index is 1.82. The maximum absolute atomic E-state index is 12.8. The molecule has 0 heterocycles. The molecule has 2 fully saturated rings. The fraction of sp³-hybridized carbons (Fsp3) is 0.533. The fourth-order valence-electron chi connectivity index (χ4n) is 2.69. The molecular formula is C15H20N2O3S. The summed E-state index contributed by atoms with van der Waals surface area (Å²) < 4.78 is 25.6. The third-order valence-electron chi connectivity index (χ3n) is 4.59. The zero-order valence-electron chi connectivity index (χ0n) is 12.1. The molecule has 0 aromatic heterocycles. The second-order valence-electron chi connectivity index (χ2n) is 6.28. The van der Waals surface area contributed by atoms with Crippen molar-refractivity contribution >= 4 is 15.9 Å². The van der Waals surface area contributed by atoms with Crippen molar-refractivity contribution in [2.75, 3.05) is 7.05 Å². The van der Waals surface area contributed by atoms with Crippen molar-refractivity contribution in [3.8, 4) is 0 Å².